The molecule has 1 saturated heterocycles. The molecule has 2 aliphatic heterocycles. The van der Waals surface area contributed by atoms with Crippen molar-refractivity contribution < 1.29 is 35.9 Å². The average molecular weight is 500 g/mol. The lowest BCUT2D eigenvalue weighted by Crippen LogP contribution is -2.40. The summed E-state index contributed by atoms with van der Waals surface area (Å²) in [6.07, 6.45) is -3.87. The number of anilines is 2. The quantitative estimate of drug-likeness (QED) is 0.630. The van der Waals surface area contributed by atoms with Gasteiger partial charge in [-0.1, -0.05) is 18.2 Å². The normalized spacial score (nSPS) is 16.9. The summed E-state index contributed by atoms with van der Waals surface area (Å²) in [5, 5.41) is 2.78. The highest BCUT2D eigenvalue weighted by molar-refractivity contribution is 7.89. The van der Waals surface area contributed by atoms with Crippen molar-refractivity contribution in [1.82, 2.24) is 4.31 Å². The molecular weight excluding hydrogens is 475 g/mol. The molecule has 1 fully saturated rings. The first kappa shape index (κ1) is 24.3. The maximum absolute atomic E-state index is 13.0. The average Bonchev–Trinajstić information content (AvgIpc) is 3.26. The zero-order chi connectivity index (χ0) is 24.3. The van der Waals surface area contributed by atoms with Crippen LogP contribution in [0.25, 0.3) is 0 Å². The number of fused-ring (bicyclic) bond motifs is 1. The van der Waals surface area contributed by atoms with Crippen LogP contribution in [-0.4, -0.2) is 70.8 Å². The lowest BCUT2D eigenvalue weighted by atomic mass is 10.2. The molecule has 0 atom stereocenters. The van der Waals surface area contributed by atoms with Gasteiger partial charge in [0, 0.05) is 25.3 Å². The summed E-state index contributed by atoms with van der Waals surface area (Å²) in [6, 6.07) is 11.0. The fourth-order valence-electron chi connectivity index (χ4n) is 3.89. The first-order chi connectivity index (χ1) is 16.1. The number of rotatable bonds is 7. The van der Waals surface area contributed by atoms with Crippen molar-refractivity contribution in [2.24, 2.45) is 0 Å². The van der Waals surface area contributed by atoms with Gasteiger partial charge in [0.05, 0.1) is 30.3 Å². The van der Waals surface area contributed by atoms with Crippen LogP contribution in [0.4, 0.5) is 24.5 Å². The SMILES string of the molecule is O=C(CNc1cc(S(=O)(=O)N2CCOCC2)ccc1OCC(F)(F)F)N1CCc2ccccc21. The van der Waals surface area contributed by atoms with E-state index in [0.717, 1.165) is 17.3 Å². The van der Waals surface area contributed by atoms with Gasteiger partial charge in [0.15, 0.2) is 6.61 Å². The number of carbonyl (C=O) groups excluding carboxylic acids is 1. The van der Waals surface area contributed by atoms with Gasteiger partial charge in [-0.2, -0.15) is 17.5 Å². The maximum Gasteiger partial charge on any atom is 0.422 e. The number of sulfonamides is 1. The molecule has 0 radical (unpaired) electrons. The van der Waals surface area contributed by atoms with E-state index in [4.69, 9.17) is 9.47 Å². The van der Waals surface area contributed by atoms with E-state index in [1.54, 1.807) is 4.90 Å². The second-order valence-electron chi connectivity index (χ2n) is 7.86. The van der Waals surface area contributed by atoms with E-state index < -0.39 is 22.8 Å². The van der Waals surface area contributed by atoms with Crippen molar-refractivity contribution in [1.29, 1.82) is 0 Å². The van der Waals surface area contributed by atoms with Crippen molar-refractivity contribution >= 4 is 27.3 Å². The summed E-state index contributed by atoms with van der Waals surface area (Å²) >= 11 is 0. The molecular formula is C22H24F3N3O5S. The summed E-state index contributed by atoms with van der Waals surface area (Å²) in [4.78, 5) is 14.3. The second kappa shape index (κ2) is 9.80. The molecule has 184 valence electrons. The van der Waals surface area contributed by atoms with E-state index in [2.05, 4.69) is 5.32 Å². The third kappa shape index (κ3) is 5.45. The van der Waals surface area contributed by atoms with Gasteiger partial charge >= 0.3 is 6.18 Å². The van der Waals surface area contributed by atoms with E-state index in [9.17, 15) is 26.4 Å². The number of morpholine rings is 1. The Kier molecular flexibility index (Phi) is 7.01. The molecule has 2 aromatic carbocycles. The molecule has 0 bridgehead atoms. The van der Waals surface area contributed by atoms with Crippen molar-refractivity contribution in [3.05, 3.63) is 48.0 Å². The summed E-state index contributed by atoms with van der Waals surface area (Å²) < 4.78 is 75.5. The summed E-state index contributed by atoms with van der Waals surface area (Å²) in [7, 11) is -3.90. The lowest BCUT2D eigenvalue weighted by Gasteiger charge is -2.26. The number of hydrogen-bond acceptors (Lipinski definition) is 6. The number of nitrogens with zero attached hydrogens (tertiary/aromatic N) is 2. The number of hydrogen-bond donors (Lipinski definition) is 1. The summed E-state index contributed by atoms with van der Waals surface area (Å²) in [5.41, 5.74) is 1.80. The minimum atomic E-state index is -4.58. The summed E-state index contributed by atoms with van der Waals surface area (Å²) in [6.45, 7) is -0.467. The fraction of sp³-hybridized carbons (Fsp3) is 0.409. The zero-order valence-corrected chi connectivity index (χ0v) is 19.0. The third-order valence-corrected chi connectivity index (χ3v) is 7.46. The Morgan fingerprint density at radius 3 is 2.56 bits per heavy atom. The maximum atomic E-state index is 13.0. The van der Waals surface area contributed by atoms with Crippen LogP contribution in [0.2, 0.25) is 0 Å². The van der Waals surface area contributed by atoms with Crippen LogP contribution in [0.1, 0.15) is 5.56 Å². The highest BCUT2D eigenvalue weighted by atomic mass is 32.2. The molecule has 34 heavy (non-hydrogen) atoms. The number of para-hydroxylation sites is 1. The van der Waals surface area contributed by atoms with Gasteiger partial charge in [0.25, 0.3) is 0 Å². The van der Waals surface area contributed by atoms with Crippen molar-refractivity contribution in [2.75, 3.05) is 56.2 Å². The van der Waals surface area contributed by atoms with Gasteiger partial charge in [-0.15, -0.1) is 0 Å². The predicted octanol–water partition coefficient (Wildman–Crippen LogP) is 2.65. The highest BCUT2D eigenvalue weighted by Gasteiger charge is 2.31. The fourth-order valence-corrected chi connectivity index (χ4v) is 5.33. The van der Waals surface area contributed by atoms with Gasteiger partial charge in [0.2, 0.25) is 15.9 Å². The van der Waals surface area contributed by atoms with Crippen LogP contribution in [0.15, 0.2) is 47.4 Å². The molecule has 2 aromatic rings. The molecule has 1 amide bonds. The van der Waals surface area contributed by atoms with Gasteiger partial charge in [-0.05, 0) is 36.2 Å². The lowest BCUT2D eigenvalue weighted by molar-refractivity contribution is -0.153. The van der Waals surface area contributed by atoms with E-state index >= 15 is 0 Å². The van der Waals surface area contributed by atoms with E-state index in [1.807, 2.05) is 24.3 Å². The monoisotopic (exact) mass is 499 g/mol. The molecule has 0 spiro atoms. The van der Waals surface area contributed by atoms with Crippen molar-refractivity contribution in [3.8, 4) is 5.75 Å². The van der Waals surface area contributed by atoms with Gasteiger partial charge in [0.1, 0.15) is 5.75 Å². The Bertz CT molecular complexity index is 1150. The largest absolute Gasteiger partial charge is 0.482 e. The third-order valence-electron chi connectivity index (χ3n) is 5.57. The molecule has 2 heterocycles. The van der Waals surface area contributed by atoms with Gasteiger partial charge < -0.3 is 19.7 Å². The van der Waals surface area contributed by atoms with Crippen LogP contribution in [-0.2, 0) is 26.0 Å². The molecule has 2 aliphatic rings. The van der Waals surface area contributed by atoms with E-state index in [0.29, 0.717) is 13.0 Å². The molecule has 0 saturated carbocycles. The number of carbonyl (C=O) groups is 1. The zero-order valence-electron chi connectivity index (χ0n) is 18.2. The van der Waals surface area contributed by atoms with Gasteiger partial charge in [-0.25, -0.2) is 8.42 Å². The van der Waals surface area contributed by atoms with Crippen LogP contribution in [0, 0.1) is 0 Å². The molecule has 4 rings (SSSR count). The minimum absolute atomic E-state index is 0.0144. The van der Waals surface area contributed by atoms with Crippen LogP contribution >= 0.6 is 0 Å². The van der Waals surface area contributed by atoms with Crippen LogP contribution < -0.4 is 15.0 Å². The molecule has 1 N–H and O–H groups in total. The smallest absolute Gasteiger partial charge is 0.422 e. The number of ether oxygens (including phenoxy) is 2. The Morgan fingerprint density at radius 2 is 1.82 bits per heavy atom. The Balaban J connectivity index is 1.55. The number of halogens is 3. The highest BCUT2D eigenvalue weighted by Crippen LogP contribution is 2.32. The minimum Gasteiger partial charge on any atom is -0.482 e. The first-order valence-electron chi connectivity index (χ1n) is 10.7. The van der Waals surface area contributed by atoms with Crippen LogP contribution in [0.5, 0.6) is 5.75 Å². The summed E-state index contributed by atoms with van der Waals surface area (Å²) in [5.74, 6) is -0.499. The van der Waals surface area contributed by atoms with Crippen molar-refractivity contribution in [2.45, 2.75) is 17.5 Å². The Labute approximate surface area is 195 Å². The number of alkyl halides is 3. The Morgan fingerprint density at radius 1 is 1.09 bits per heavy atom. The topological polar surface area (TPSA) is 88.2 Å². The first-order valence-corrected chi connectivity index (χ1v) is 12.1. The number of amides is 1. The van der Waals surface area contributed by atoms with Crippen LogP contribution in [0.3, 0.4) is 0 Å². The Hall–Kier alpha value is -2.83. The number of benzene rings is 2. The molecule has 0 unspecified atom stereocenters. The molecule has 0 aliphatic carbocycles. The van der Waals surface area contributed by atoms with Gasteiger partial charge in [-0.3, -0.25) is 4.79 Å². The second-order valence-corrected chi connectivity index (χ2v) is 9.79. The predicted molar refractivity (Wildman–Crippen MR) is 119 cm³/mol. The van der Waals surface area contributed by atoms with Crippen molar-refractivity contribution in [3.63, 3.8) is 0 Å². The number of nitrogens with one attached hydrogen (secondary N) is 1. The molecule has 12 heteroatoms. The standard InChI is InChI=1S/C22H24F3N3O5S/c23-22(24,25)15-33-20-6-5-17(34(30,31)27-9-11-32-12-10-27)13-18(20)26-14-21(29)28-8-7-16-3-1-2-4-19(16)28/h1-6,13,26H,7-12,14-15H2. The molecule has 0 aromatic heterocycles. The van der Waals surface area contributed by atoms with E-state index in [1.165, 1.54) is 16.4 Å². The van der Waals surface area contributed by atoms with E-state index in [-0.39, 0.29) is 55.1 Å². The molecule has 8 nitrogen and oxygen atoms in total.